The Morgan fingerprint density at radius 1 is 1.41 bits per heavy atom. The molecule has 0 spiro atoms. The van der Waals surface area contributed by atoms with Crippen LogP contribution in [0.4, 0.5) is 4.39 Å². The first-order valence-corrected chi connectivity index (χ1v) is 8.03. The van der Waals surface area contributed by atoms with Gasteiger partial charge in [-0.15, -0.1) is 0 Å². The minimum absolute atomic E-state index is 0.424. The molecular formula is C17H25FN2O2. The van der Waals surface area contributed by atoms with Crippen LogP contribution in [0.5, 0.6) is 0 Å². The maximum atomic E-state index is 13.7. The first-order valence-electron chi connectivity index (χ1n) is 8.03. The van der Waals surface area contributed by atoms with Crippen LogP contribution in [-0.4, -0.2) is 59.7 Å². The van der Waals surface area contributed by atoms with Gasteiger partial charge in [0.2, 0.25) is 0 Å². The molecule has 1 saturated heterocycles. The number of morpholine rings is 1. The molecule has 3 rings (SSSR count). The van der Waals surface area contributed by atoms with E-state index in [1.54, 1.807) is 6.08 Å². The van der Waals surface area contributed by atoms with E-state index in [1.807, 2.05) is 13.1 Å². The maximum absolute atomic E-state index is 13.7. The summed E-state index contributed by atoms with van der Waals surface area (Å²) in [6, 6.07) is 0. The summed E-state index contributed by atoms with van der Waals surface area (Å²) in [6.45, 7) is 5.93. The molecule has 2 atom stereocenters. The lowest BCUT2D eigenvalue weighted by Crippen LogP contribution is -2.41. The lowest BCUT2D eigenvalue weighted by atomic mass is 9.95. The topological polar surface area (TPSA) is 37.6 Å². The van der Waals surface area contributed by atoms with Crippen molar-refractivity contribution in [1.82, 2.24) is 9.47 Å². The fourth-order valence-corrected chi connectivity index (χ4v) is 3.51. The predicted octanol–water partition coefficient (Wildman–Crippen LogP) is 1.48. The van der Waals surface area contributed by atoms with Gasteiger partial charge in [-0.3, -0.25) is 4.90 Å². The largest absolute Gasteiger partial charge is 0.391 e. The monoisotopic (exact) mass is 308 g/mol. The summed E-state index contributed by atoms with van der Waals surface area (Å²) in [5.74, 6) is 0. The molecule has 2 heterocycles. The summed E-state index contributed by atoms with van der Waals surface area (Å²) < 4.78 is 21.2. The number of β-amino-alcohol motifs (C(OH)–C–C–N with tert-alkyl or cyclic N) is 1. The number of aliphatic hydroxyl groups is 1. The maximum Gasteiger partial charge on any atom is 0.123 e. The third-order valence-electron chi connectivity index (χ3n) is 4.85. The molecule has 1 fully saturated rings. The first-order chi connectivity index (χ1) is 10.6. The quantitative estimate of drug-likeness (QED) is 0.915. The van der Waals surface area contributed by atoms with Crippen molar-refractivity contribution in [2.75, 3.05) is 32.8 Å². The van der Waals surface area contributed by atoms with E-state index in [-0.39, 0.29) is 0 Å². The molecule has 22 heavy (non-hydrogen) atoms. The molecule has 0 bridgehead atoms. The number of nitrogens with zero attached hydrogens (tertiary/aromatic N) is 2. The van der Waals surface area contributed by atoms with E-state index in [1.165, 1.54) is 0 Å². The van der Waals surface area contributed by atoms with E-state index in [2.05, 4.69) is 16.4 Å². The summed E-state index contributed by atoms with van der Waals surface area (Å²) in [5.41, 5.74) is 4.39. The molecule has 5 heteroatoms. The average molecular weight is 308 g/mol. The van der Waals surface area contributed by atoms with Crippen LogP contribution in [0.15, 0.2) is 6.08 Å². The van der Waals surface area contributed by atoms with Crippen LogP contribution in [0, 0.1) is 6.92 Å². The SMILES string of the molecule is Cc1c(CC(O)CN2CCOCC2)c2c(n1C)C=CC(F)C2. The highest BCUT2D eigenvalue weighted by molar-refractivity contribution is 5.59. The van der Waals surface area contributed by atoms with Crippen LogP contribution in [0.25, 0.3) is 6.08 Å². The molecule has 1 aliphatic heterocycles. The van der Waals surface area contributed by atoms with E-state index in [4.69, 9.17) is 4.74 Å². The summed E-state index contributed by atoms with van der Waals surface area (Å²) in [4.78, 5) is 2.23. The minimum Gasteiger partial charge on any atom is -0.391 e. The number of alkyl halides is 1. The second kappa shape index (κ2) is 6.52. The number of fused-ring (bicyclic) bond motifs is 1. The van der Waals surface area contributed by atoms with Crippen LogP contribution in [-0.2, 0) is 24.6 Å². The number of rotatable bonds is 4. The van der Waals surface area contributed by atoms with Crippen molar-refractivity contribution >= 4 is 6.08 Å². The molecule has 0 saturated carbocycles. The smallest absolute Gasteiger partial charge is 0.123 e. The molecule has 0 aromatic carbocycles. The van der Waals surface area contributed by atoms with Crippen molar-refractivity contribution in [3.63, 3.8) is 0 Å². The Morgan fingerprint density at radius 2 is 2.14 bits per heavy atom. The normalized spacial score (nSPS) is 23.5. The fraction of sp³-hybridized carbons (Fsp3) is 0.647. The van der Waals surface area contributed by atoms with E-state index < -0.39 is 12.3 Å². The zero-order valence-corrected chi connectivity index (χ0v) is 13.4. The Balaban J connectivity index is 1.73. The van der Waals surface area contributed by atoms with E-state index in [0.717, 1.165) is 48.8 Å². The van der Waals surface area contributed by atoms with Crippen LogP contribution >= 0.6 is 0 Å². The van der Waals surface area contributed by atoms with Gasteiger partial charge in [-0.2, -0.15) is 0 Å². The fourth-order valence-electron chi connectivity index (χ4n) is 3.51. The molecule has 1 aliphatic carbocycles. The Kier molecular flexibility index (Phi) is 4.66. The molecule has 0 amide bonds. The predicted molar refractivity (Wildman–Crippen MR) is 84.8 cm³/mol. The molecule has 0 radical (unpaired) electrons. The van der Waals surface area contributed by atoms with Crippen LogP contribution in [0.3, 0.4) is 0 Å². The third-order valence-corrected chi connectivity index (χ3v) is 4.85. The highest BCUT2D eigenvalue weighted by atomic mass is 19.1. The lowest BCUT2D eigenvalue weighted by molar-refractivity contribution is 0.0148. The highest BCUT2D eigenvalue weighted by Gasteiger charge is 2.25. The highest BCUT2D eigenvalue weighted by Crippen LogP contribution is 2.30. The van der Waals surface area contributed by atoms with Gasteiger partial charge in [0.1, 0.15) is 6.17 Å². The molecule has 1 aromatic heterocycles. The van der Waals surface area contributed by atoms with Crippen LogP contribution in [0.1, 0.15) is 22.5 Å². The van der Waals surface area contributed by atoms with Crippen molar-refractivity contribution in [3.8, 4) is 0 Å². The summed E-state index contributed by atoms with van der Waals surface area (Å²) in [5, 5.41) is 10.5. The third kappa shape index (κ3) is 3.12. The second-order valence-corrected chi connectivity index (χ2v) is 6.34. The number of hydrogen-bond acceptors (Lipinski definition) is 3. The van der Waals surface area contributed by atoms with Gasteiger partial charge < -0.3 is 14.4 Å². The molecular weight excluding hydrogens is 283 g/mol. The number of hydrogen-bond donors (Lipinski definition) is 1. The van der Waals surface area contributed by atoms with Gasteiger partial charge in [0.25, 0.3) is 0 Å². The first kappa shape index (κ1) is 15.7. The number of ether oxygens (including phenoxy) is 1. The molecule has 1 aromatic rings. The van der Waals surface area contributed by atoms with Gasteiger partial charge in [-0.1, -0.05) is 0 Å². The molecule has 4 nitrogen and oxygen atoms in total. The average Bonchev–Trinajstić information content (AvgIpc) is 2.73. The van der Waals surface area contributed by atoms with Crippen LogP contribution < -0.4 is 0 Å². The van der Waals surface area contributed by atoms with Crippen molar-refractivity contribution < 1.29 is 14.2 Å². The van der Waals surface area contributed by atoms with Gasteiger partial charge in [-0.05, 0) is 30.2 Å². The van der Waals surface area contributed by atoms with E-state index in [9.17, 15) is 9.50 Å². The molecule has 1 N–H and O–H groups in total. The van der Waals surface area contributed by atoms with Crippen molar-refractivity contribution in [2.45, 2.75) is 32.0 Å². The standard InChI is InChI=1S/C17H25FN2O2/c1-12-15(10-14(21)11-20-5-7-22-8-6-20)16-9-13(18)3-4-17(16)19(12)2/h3-4,13-14,21H,5-11H2,1-2H3. The van der Waals surface area contributed by atoms with Gasteiger partial charge in [-0.25, -0.2) is 4.39 Å². The lowest BCUT2D eigenvalue weighted by Gasteiger charge is -2.28. The van der Waals surface area contributed by atoms with Gasteiger partial charge in [0.05, 0.1) is 19.3 Å². The minimum atomic E-state index is -0.913. The van der Waals surface area contributed by atoms with Crippen molar-refractivity contribution in [2.24, 2.45) is 7.05 Å². The zero-order chi connectivity index (χ0) is 15.7. The van der Waals surface area contributed by atoms with Crippen molar-refractivity contribution in [1.29, 1.82) is 0 Å². The second-order valence-electron chi connectivity index (χ2n) is 6.34. The van der Waals surface area contributed by atoms with E-state index >= 15 is 0 Å². The molecule has 2 unspecified atom stereocenters. The Bertz CT molecular complexity index is 561. The van der Waals surface area contributed by atoms with Crippen molar-refractivity contribution in [3.05, 3.63) is 28.6 Å². The Morgan fingerprint density at radius 3 is 2.86 bits per heavy atom. The molecule has 2 aliphatic rings. The number of aromatic nitrogens is 1. The van der Waals surface area contributed by atoms with Gasteiger partial charge >= 0.3 is 0 Å². The van der Waals surface area contributed by atoms with Gasteiger partial charge in [0, 0.05) is 50.9 Å². The number of halogens is 1. The Hall–Kier alpha value is -1.17. The number of aliphatic hydroxyl groups excluding tert-OH is 1. The van der Waals surface area contributed by atoms with E-state index in [0.29, 0.717) is 19.4 Å². The zero-order valence-electron chi connectivity index (χ0n) is 13.4. The number of allylic oxidation sites excluding steroid dienone is 1. The Labute approximate surface area is 131 Å². The van der Waals surface area contributed by atoms with Crippen LogP contribution in [0.2, 0.25) is 0 Å². The summed E-state index contributed by atoms with van der Waals surface area (Å²) >= 11 is 0. The summed E-state index contributed by atoms with van der Waals surface area (Å²) in [6.07, 6.45) is 3.17. The summed E-state index contributed by atoms with van der Waals surface area (Å²) in [7, 11) is 2.01. The van der Waals surface area contributed by atoms with Gasteiger partial charge in [0.15, 0.2) is 0 Å². The molecule has 122 valence electrons.